The maximum absolute atomic E-state index is 12.7. The summed E-state index contributed by atoms with van der Waals surface area (Å²) in [6, 6.07) is 7.40. The summed E-state index contributed by atoms with van der Waals surface area (Å²) < 4.78 is 14.4. The molecule has 0 bridgehead atoms. The summed E-state index contributed by atoms with van der Waals surface area (Å²) in [6.45, 7) is 2.23. The zero-order valence-electron chi connectivity index (χ0n) is 10.8. The highest BCUT2D eigenvalue weighted by molar-refractivity contribution is 5.88. The van der Waals surface area contributed by atoms with Gasteiger partial charge in [0.05, 0.1) is 0 Å². The molecule has 0 fully saturated rings. The first-order chi connectivity index (χ1) is 9.04. The summed E-state index contributed by atoms with van der Waals surface area (Å²) in [6.07, 6.45) is 0. The number of rotatable bonds is 3. The van der Waals surface area contributed by atoms with Crippen LogP contribution in [0.15, 0.2) is 30.3 Å². The fraction of sp³-hybridized carbons (Fsp3) is 0.231. The predicted molar refractivity (Wildman–Crippen MR) is 70.2 cm³/mol. The molecule has 2 rings (SSSR count). The average molecular weight is 262 g/mol. The van der Waals surface area contributed by atoms with Gasteiger partial charge in [-0.1, -0.05) is 12.1 Å². The number of amides is 2. The Morgan fingerprint density at radius 2 is 2.05 bits per heavy atom. The molecule has 0 atom stereocenters. The van der Waals surface area contributed by atoms with Gasteiger partial charge in [0, 0.05) is 25.4 Å². The Kier molecular flexibility index (Phi) is 3.79. The molecule has 0 aliphatic heterocycles. The second-order valence-corrected chi connectivity index (χ2v) is 4.23. The number of carbonyl (C=O) groups is 1. The first-order valence-electron chi connectivity index (χ1n) is 5.84. The number of halogens is 1. The van der Waals surface area contributed by atoms with E-state index < -0.39 is 0 Å². The molecule has 1 heterocycles. The van der Waals surface area contributed by atoms with Crippen LogP contribution in [0, 0.1) is 12.7 Å². The molecule has 1 aromatic carbocycles. The van der Waals surface area contributed by atoms with E-state index in [2.05, 4.69) is 15.7 Å². The molecule has 0 aliphatic carbocycles. The first-order valence-corrected chi connectivity index (χ1v) is 5.84. The molecular formula is C13H15FN4O. The summed E-state index contributed by atoms with van der Waals surface area (Å²) in [5, 5.41) is 9.41. The summed E-state index contributed by atoms with van der Waals surface area (Å²) >= 11 is 0. The van der Waals surface area contributed by atoms with Crippen LogP contribution >= 0.6 is 0 Å². The van der Waals surface area contributed by atoms with Gasteiger partial charge in [0.2, 0.25) is 0 Å². The number of urea groups is 1. The molecule has 0 spiro atoms. The molecule has 0 saturated heterocycles. The Balaban J connectivity index is 1.86. The van der Waals surface area contributed by atoms with Crippen LogP contribution in [0.3, 0.4) is 0 Å². The summed E-state index contributed by atoms with van der Waals surface area (Å²) in [5.74, 6) is 0.203. The summed E-state index contributed by atoms with van der Waals surface area (Å²) in [5.41, 5.74) is 1.78. The van der Waals surface area contributed by atoms with E-state index in [-0.39, 0.29) is 11.8 Å². The monoisotopic (exact) mass is 262 g/mol. The van der Waals surface area contributed by atoms with Crippen LogP contribution in [0.2, 0.25) is 0 Å². The molecular weight excluding hydrogens is 247 g/mol. The van der Waals surface area contributed by atoms with E-state index in [1.165, 1.54) is 12.1 Å². The first kappa shape index (κ1) is 13.1. The fourth-order valence-corrected chi connectivity index (χ4v) is 1.57. The van der Waals surface area contributed by atoms with Gasteiger partial charge in [0.25, 0.3) is 0 Å². The third-order valence-corrected chi connectivity index (χ3v) is 2.72. The number of anilines is 1. The number of aryl methyl sites for hydroxylation is 2. The Morgan fingerprint density at radius 3 is 2.63 bits per heavy atom. The molecule has 0 aliphatic rings. The highest BCUT2D eigenvalue weighted by Gasteiger charge is 2.05. The molecule has 2 amide bonds. The Hall–Kier alpha value is -2.37. The zero-order chi connectivity index (χ0) is 13.8. The van der Waals surface area contributed by atoms with Gasteiger partial charge in [-0.05, 0) is 24.6 Å². The van der Waals surface area contributed by atoms with Crippen LogP contribution in [0.5, 0.6) is 0 Å². The van der Waals surface area contributed by atoms with Gasteiger partial charge in [-0.25, -0.2) is 9.18 Å². The Bertz CT molecular complexity index is 557. The maximum atomic E-state index is 12.7. The van der Waals surface area contributed by atoms with Crippen LogP contribution in [0.4, 0.5) is 15.0 Å². The molecule has 19 heavy (non-hydrogen) atoms. The second-order valence-electron chi connectivity index (χ2n) is 4.23. The van der Waals surface area contributed by atoms with Crippen LogP contribution in [-0.4, -0.2) is 15.8 Å². The van der Waals surface area contributed by atoms with Crippen molar-refractivity contribution in [1.29, 1.82) is 0 Å². The van der Waals surface area contributed by atoms with Crippen LogP contribution in [0.1, 0.15) is 11.3 Å². The van der Waals surface area contributed by atoms with E-state index in [1.54, 1.807) is 29.9 Å². The van der Waals surface area contributed by atoms with Gasteiger partial charge in [-0.2, -0.15) is 5.10 Å². The second kappa shape index (κ2) is 5.51. The largest absolute Gasteiger partial charge is 0.334 e. The molecule has 0 saturated carbocycles. The summed E-state index contributed by atoms with van der Waals surface area (Å²) in [7, 11) is 1.80. The predicted octanol–water partition coefficient (Wildman–Crippen LogP) is 2.19. The Morgan fingerprint density at radius 1 is 1.37 bits per heavy atom. The highest BCUT2D eigenvalue weighted by atomic mass is 19.1. The number of carbonyl (C=O) groups excluding carboxylic acids is 1. The van der Waals surface area contributed by atoms with E-state index in [0.717, 1.165) is 11.3 Å². The van der Waals surface area contributed by atoms with E-state index in [1.807, 2.05) is 6.92 Å². The van der Waals surface area contributed by atoms with Crippen LogP contribution in [0.25, 0.3) is 0 Å². The van der Waals surface area contributed by atoms with Gasteiger partial charge in [0.15, 0.2) is 5.82 Å². The third kappa shape index (κ3) is 3.54. The SMILES string of the molecule is Cc1cc(NC(=O)NCc2ccc(F)cc2)nn1C. The van der Waals surface area contributed by atoms with Crippen molar-refractivity contribution in [2.45, 2.75) is 13.5 Å². The summed E-state index contributed by atoms with van der Waals surface area (Å²) in [4.78, 5) is 11.6. The van der Waals surface area contributed by atoms with Crippen molar-refractivity contribution in [3.63, 3.8) is 0 Å². The van der Waals surface area contributed by atoms with Crippen molar-refractivity contribution in [2.24, 2.45) is 7.05 Å². The Labute approximate surface area is 110 Å². The van der Waals surface area contributed by atoms with Gasteiger partial charge < -0.3 is 5.32 Å². The highest BCUT2D eigenvalue weighted by Crippen LogP contribution is 2.06. The topological polar surface area (TPSA) is 59.0 Å². The molecule has 2 aromatic rings. The van der Waals surface area contributed by atoms with Gasteiger partial charge in [-0.3, -0.25) is 10.00 Å². The van der Waals surface area contributed by atoms with Gasteiger partial charge in [-0.15, -0.1) is 0 Å². The van der Waals surface area contributed by atoms with Crippen molar-refractivity contribution in [3.8, 4) is 0 Å². The quantitative estimate of drug-likeness (QED) is 0.890. The zero-order valence-corrected chi connectivity index (χ0v) is 10.8. The van der Waals surface area contributed by atoms with Crippen LogP contribution in [-0.2, 0) is 13.6 Å². The molecule has 0 radical (unpaired) electrons. The molecule has 0 unspecified atom stereocenters. The normalized spacial score (nSPS) is 10.3. The molecule has 6 heteroatoms. The van der Waals surface area contributed by atoms with Crippen molar-refractivity contribution in [2.75, 3.05) is 5.32 Å². The van der Waals surface area contributed by atoms with E-state index in [4.69, 9.17) is 0 Å². The number of nitrogens with one attached hydrogen (secondary N) is 2. The number of hydrogen-bond acceptors (Lipinski definition) is 2. The molecule has 100 valence electrons. The van der Waals surface area contributed by atoms with Crippen LogP contribution < -0.4 is 10.6 Å². The number of nitrogens with zero attached hydrogens (tertiary/aromatic N) is 2. The van der Waals surface area contributed by atoms with E-state index >= 15 is 0 Å². The standard InChI is InChI=1S/C13H15FN4O/c1-9-7-12(17-18(9)2)16-13(19)15-8-10-3-5-11(14)6-4-10/h3-7H,8H2,1-2H3,(H2,15,16,17,19). The minimum Gasteiger partial charge on any atom is -0.334 e. The lowest BCUT2D eigenvalue weighted by Gasteiger charge is -2.05. The minimum absolute atomic E-state index is 0.294. The lowest BCUT2D eigenvalue weighted by molar-refractivity contribution is 0.251. The maximum Gasteiger partial charge on any atom is 0.320 e. The third-order valence-electron chi connectivity index (χ3n) is 2.72. The lowest BCUT2D eigenvalue weighted by Crippen LogP contribution is -2.28. The average Bonchev–Trinajstić information content (AvgIpc) is 2.67. The molecule has 5 nitrogen and oxygen atoms in total. The fourth-order valence-electron chi connectivity index (χ4n) is 1.57. The number of benzene rings is 1. The molecule has 1 aromatic heterocycles. The van der Waals surface area contributed by atoms with Crippen molar-refractivity contribution in [1.82, 2.24) is 15.1 Å². The van der Waals surface area contributed by atoms with Crippen molar-refractivity contribution in [3.05, 3.63) is 47.4 Å². The van der Waals surface area contributed by atoms with E-state index in [0.29, 0.717) is 12.4 Å². The van der Waals surface area contributed by atoms with Gasteiger partial charge >= 0.3 is 6.03 Å². The van der Waals surface area contributed by atoms with Crippen molar-refractivity contribution >= 4 is 11.8 Å². The van der Waals surface area contributed by atoms with E-state index in [9.17, 15) is 9.18 Å². The smallest absolute Gasteiger partial charge is 0.320 e. The van der Waals surface area contributed by atoms with Gasteiger partial charge in [0.1, 0.15) is 5.82 Å². The number of hydrogen-bond donors (Lipinski definition) is 2. The lowest BCUT2D eigenvalue weighted by atomic mass is 10.2. The van der Waals surface area contributed by atoms with Crippen molar-refractivity contribution < 1.29 is 9.18 Å². The number of aromatic nitrogens is 2. The minimum atomic E-state index is -0.345. The molecule has 2 N–H and O–H groups in total.